The van der Waals surface area contributed by atoms with Gasteiger partial charge in [-0.2, -0.15) is 0 Å². The summed E-state index contributed by atoms with van der Waals surface area (Å²) in [5.41, 5.74) is 0.820. The Labute approximate surface area is 86.8 Å². The number of carbonyl (C=O) groups is 1. The highest BCUT2D eigenvalue weighted by atomic mass is 32.1. The van der Waals surface area contributed by atoms with Gasteiger partial charge in [-0.25, -0.2) is 4.79 Å². The summed E-state index contributed by atoms with van der Waals surface area (Å²) in [5.74, 6) is 4.75. The summed E-state index contributed by atoms with van der Waals surface area (Å²) >= 11 is 1.25. The molecule has 0 saturated heterocycles. The molecular weight excluding hydrogens is 198 g/mol. The van der Waals surface area contributed by atoms with E-state index in [1.165, 1.54) is 11.3 Å². The summed E-state index contributed by atoms with van der Waals surface area (Å²) in [6, 6.07) is 1.82. The molecule has 0 spiro atoms. The third-order valence-corrected chi connectivity index (χ3v) is 2.59. The maximum atomic E-state index is 10.7. The zero-order valence-electron chi connectivity index (χ0n) is 7.83. The molecule has 4 heteroatoms. The number of rotatable bonds is 4. The minimum absolute atomic E-state index is 0.405. The van der Waals surface area contributed by atoms with Crippen LogP contribution in [0.2, 0.25) is 0 Å². The lowest BCUT2D eigenvalue weighted by molar-refractivity contribution is 0.0701. The van der Waals surface area contributed by atoms with E-state index in [2.05, 4.69) is 17.2 Å². The van der Waals surface area contributed by atoms with E-state index in [1.54, 1.807) is 12.3 Å². The molecule has 0 bridgehead atoms. The van der Waals surface area contributed by atoms with Crippen molar-refractivity contribution >= 4 is 17.3 Å². The first-order valence-corrected chi connectivity index (χ1v) is 5.03. The molecular formula is C10H11NO2S. The van der Waals surface area contributed by atoms with Crippen molar-refractivity contribution in [2.75, 3.05) is 6.54 Å². The molecule has 0 fully saturated rings. The molecule has 0 radical (unpaired) electrons. The van der Waals surface area contributed by atoms with Crippen molar-refractivity contribution in [3.8, 4) is 11.8 Å². The first-order chi connectivity index (χ1) is 6.75. The molecule has 0 aromatic carbocycles. The number of carboxylic acid groups (broad SMARTS) is 1. The fourth-order valence-electron chi connectivity index (χ4n) is 1.01. The van der Waals surface area contributed by atoms with E-state index in [4.69, 9.17) is 5.11 Å². The molecule has 1 aromatic heterocycles. The van der Waals surface area contributed by atoms with E-state index < -0.39 is 5.97 Å². The fraction of sp³-hybridized carbons (Fsp3) is 0.300. The van der Waals surface area contributed by atoms with Crippen molar-refractivity contribution in [1.82, 2.24) is 5.32 Å². The molecule has 0 aliphatic carbocycles. The number of hydrogen-bond donors (Lipinski definition) is 2. The monoisotopic (exact) mass is 209 g/mol. The van der Waals surface area contributed by atoms with Crippen LogP contribution in [0.5, 0.6) is 0 Å². The van der Waals surface area contributed by atoms with Crippen molar-refractivity contribution in [2.45, 2.75) is 13.5 Å². The van der Waals surface area contributed by atoms with Crippen LogP contribution in [0.4, 0.5) is 0 Å². The predicted octanol–water partition coefficient (Wildman–Crippen LogP) is 1.56. The molecule has 0 unspecified atom stereocenters. The quantitative estimate of drug-likeness (QED) is 0.584. The Balaban J connectivity index is 2.52. The standard InChI is InChI=1S/C10H11NO2S/c1-2-3-5-11-7-8-4-6-14-9(8)10(12)13/h4,6,11H,5,7H2,1H3,(H,12,13). The molecule has 0 amide bonds. The highest BCUT2D eigenvalue weighted by Gasteiger charge is 2.10. The Hall–Kier alpha value is -1.31. The Morgan fingerprint density at radius 1 is 1.71 bits per heavy atom. The van der Waals surface area contributed by atoms with Crippen LogP contribution in [-0.4, -0.2) is 17.6 Å². The molecule has 1 rings (SSSR count). The van der Waals surface area contributed by atoms with E-state index in [0.29, 0.717) is 18.0 Å². The normalized spacial score (nSPS) is 9.21. The van der Waals surface area contributed by atoms with Gasteiger partial charge in [0.2, 0.25) is 0 Å². The van der Waals surface area contributed by atoms with Gasteiger partial charge in [-0.3, -0.25) is 0 Å². The smallest absolute Gasteiger partial charge is 0.346 e. The first kappa shape index (κ1) is 10.8. The summed E-state index contributed by atoms with van der Waals surface area (Å²) in [5, 5.41) is 13.6. The first-order valence-electron chi connectivity index (χ1n) is 4.15. The molecule has 0 aliphatic heterocycles. The molecule has 0 atom stereocenters. The van der Waals surface area contributed by atoms with Gasteiger partial charge in [-0.15, -0.1) is 17.3 Å². The molecule has 3 nitrogen and oxygen atoms in total. The van der Waals surface area contributed by atoms with Crippen LogP contribution in [0, 0.1) is 11.8 Å². The van der Waals surface area contributed by atoms with Crippen LogP contribution in [-0.2, 0) is 6.54 Å². The second-order valence-corrected chi connectivity index (χ2v) is 3.53. The molecule has 2 N–H and O–H groups in total. The number of carboxylic acids is 1. The zero-order valence-corrected chi connectivity index (χ0v) is 8.65. The maximum Gasteiger partial charge on any atom is 0.346 e. The van der Waals surface area contributed by atoms with Gasteiger partial charge in [0.15, 0.2) is 0 Å². The fourth-order valence-corrected chi connectivity index (χ4v) is 1.77. The largest absolute Gasteiger partial charge is 0.477 e. The number of hydrogen-bond acceptors (Lipinski definition) is 3. The molecule has 74 valence electrons. The van der Waals surface area contributed by atoms with Crippen molar-refractivity contribution in [3.05, 3.63) is 21.9 Å². The van der Waals surface area contributed by atoms with Crippen LogP contribution in [0.3, 0.4) is 0 Å². The topological polar surface area (TPSA) is 49.3 Å². The van der Waals surface area contributed by atoms with Crippen LogP contribution in [0.1, 0.15) is 22.2 Å². The molecule has 0 aliphatic rings. The second kappa shape index (κ2) is 5.43. The predicted molar refractivity (Wildman–Crippen MR) is 56.4 cm³/mol. The Kier molecular flexibility index (Phi) is 4.17. The van der Waals surface area contributed by atoms with Crippen LogP contribution < -0.4 is 5.32 Å². The lowest BCUT2D eigenvalue weighted by atomic mass is 10.2. The van der Waals surface area contributed by atoms with Gasteiger partial charge >= 0.3 is 5.97 Å². The van der Waals surface area contributed by atoms with E-state index >= 15 is 0 Å². The van der Waals surface area contributed by atoms with Gasteiger partial charge in [-0.1, -0.05) is 5.92 Å². The van der Waals surface area contributed by atoms with Crippen molar-refractivity contribution in [2.24, 2.45) is 0 Å². The summed E-state index contributed by atoms with van der Waals surface area (Å²) in [6.07, 6.45) is 0. The minimum Gasteiger partial charge on any atom is -0.477 e. The lowest BCUT2D eigenvalue weighted by Gasteiger charge is -1.99. The Morgan fingerprint density at radius 3 is 3.14 bits per heavy atom. The third kappa shape index (κ3) is 2.87. The summed E-state index contributed by atoms with van der Waals surface area (Å²) in [7, 11) is 0. The Morgan fingerprint density at radius 2 is 2.50 bits per heavy atom. The van der Waals surface area contributed by atoms with E-state index in [9.17, 15) is 4.79 Å². The molecule has 1 aromatic rings. The molecule has 1 heterocycles. The summed E-state index contributed by atoms with van der Waals surface area (Å²) in [6.45, 7) is 2.92. The minimum atomic E-state index is -0.863. The van der Waals surface area contributed by atoms with Crippen molar-refractivity contribution < 1.29 is 9.90 Å². The average molecular weight is 209 g/mol. The molecule has 0 saturated carbocycles. The van der Waals surface area contributed by atoms with Gasteiger partial charge in [0.25, 0.3) is 0 Å². The van der Waals surface area contributed by atoms with E-state index in [1.807, 2.05) is 6.07 Å². The van der Waals surface area contributed by atoms with Crippen molar-refractivity contribution in [3.63, 3.8) is 0 Å². The van der Waals surface area contributed by atoms with Crippen LogP contribution >= 0.6 is 11.3 Å². The summed E-state index contributed by atoms with van der Waals surface area (Å²) in [4.78, 5) is 11.1. The maximum absolute atomic E-state index is 10.7. The SMILES string of the molecule is CC#CCNCc1ccsc1C(=O)O. The molecule has 14 heavy (non-hydrogen) atoms. The third-order valence-electron chi connectivity index (χ3n) is 1.65. The lowest BCUT2D eigenvalue weighted by Crippen LogP contribution is -2.14. The average Bonchev–Trinajstić information content (AvgIpc) is 2.60. The highest BCUT2D eigenvalue weighted by Crippen LogP contribution is 2.16. The number of thiophene rings is 1. The highest BCUT2D eigenvalue weighted by molar-refractivity contribution is 7.12. The van der Waals surface area contributed by atoms with E-state index in [0.717, 1.165) is 5.56 Å². The van der Waals surface area contributed by atoms with Crippen LogP contribution in [0.25, 0.3) is 0 Å². The van der Waals surface area contributed by atoms with Gasteiger partial charge < -0.3 is 10.4 Å². The van der Waals surface area contributed by atoms with Gasteiger partial charge in [0.1, 0.15) is 4.88 Å². The second-order valence-electron chi connectivity index (χ2n) is 2.61. The van der Waals surface area contributed by atoms with Gasteiger partial charge in [-0.05, 0) is 23.9 Å². The van der Waals surface area contributed by atoms with Gasteiger partial charge in [0, 0.05) is 6.54 Å². The van der Waals surface area contributed by atoms with E-state index in [-0.39, 0.29) is 0 Å². The summed E-state index contributed by atoms with van der Waals surface area (Å²) < 4.78 is 0. The van der Waals surface area contributed by atoms with Gasteiger partial charge in [0.05, 0.1) is 6.54 Å². The zero-order chi connectivity index (χ0) is 10.4. The number of nitrogens with one attached hydrogen (secondary N) is 1. The Bertz CT molecular complexity index is 373. The number of aromatic carboxylic acids is 1. The van der Waals surface area contributed by atoms with Crippen molar-refractivity contribution in [1.29, 1.82) is 0 Å². The van der Waals surface area contributed by atoms with Crippen LogP contribution in [0.15, 0.2) is 11.4 Å².